The van der Waals surface area contributed by atoms with Crippen molar-refractivity contribution >= 4 is 5.96 Å². The molecule has 2 rings (SSSR count). The van der Waals surface area contributed by atoms with Crippen molar-refractivity contribution in [1.29, 1.82) is 0 Å². The van der Waals surface area contributed by atoms with E-state index in [1.807, 2.05) is 26.1 Å². The van der Waals surface area contributed by atoms with Gasteiger partial charge in [0, 0.05) is 31.5 Å². The summed E-state index contributed by atoms with van der Waals surface area (Å²) in [6.07, 6.45) is 3.49. The van der Waals surface area contributed by atoms with Crippen LogP contribution in [0.15, 0.2) is 47.6 Å². The SMILES string of the molecule is CCC(CNC(=NC)NCCc1ccc(C)nc1)Oc1cccc(F)c1. The van der Waals surface area contributed by atoms with Crippen molar-refractivity contribution in [2.24, 2.45) is 4.99 Å². The van der Waals surface area contributed by atoms with Crippen LogP contribution < -0.4 is 15.4 Å². The maximum Gasteiger partial charge on any atom is 0.191 e. The van der Waals surface area contributed by atoms with Crippen LogP contribution in [0.25, 0.3) is 0 Å². The van der Waals surface area contributed by atoms with Crippen LogP contribution in [-0.4, -0.2) is 37.2 Å². The number of guanidine groups is 1. The van der Waals surface area contributed by atoms with Crippen LogP contribution in [-0.2, 0) is 6.42 Å². The summed E-state index contributed by atoms with van der Waals surface area (Å²) in [4.78, 5) is 8.52. The average molecular weight is 358 g/mol. The Labute approximate surface area is 154 Å². The molecule has 1 atom stereocenters. The molecule has 6 heteroatoms. The molecule has 26 heavy (non-hydrogen) atoms. The number of rotatable bonds is 8. The summed E-state index contributed by atoms with van der Waals surface area (Å²) in [7, 11) is 1.73. The standard InChI is InChI=1S/C20H27FN4O/c1-4-18(26-19-7-5-6-17(21)12-19)14-25-20(22-3)23-11-10-16-9-8-15(2)24-13-16/h5-9,12-13,18H,4,10-11,14H2,1-3H3,(H2,22,23,25). The molecule has 0 radical (unpaired) electrons. The summed E-state index contributed by atoms with van der Waals surface area (Å²) in [6, 6.07) is 10.3. The molecule has 0 amide bonds. The lowest BCUT2D eigenvalue weighted by atomic mass is 10.2. The minimum Gasteiger partial charge on any atom is -0.489 e. The van der Waals surface area contributed by atoms with Gasteiger partial charge in [-0.05, 0) is 43.5 Å². The normalized spacial score (nSPS) is 12.5. The van der Waals surface area contributed by atoms with E-state index in [1.54, 1.807) is 19.2 Å². The second kappa shape index (κ2) is 10.4. The van der Waals surface area contributed by atoms with Gasteiger partial charge in [0.05, 0.1) is 6.54 Å². The predicted octanol–water partition coefficient (Wildman–Crippen LogP) is 3.09. The van der Waals surface area contributed by atoms with Crippen LogP contribution in [0.1, 0.15) is 24.6 Å². The Morgan fingerprint density at radius 2 is 2.12 bits per heavy atom. The van der Waals surface area contributed by atoms with Crippen LogP contribution >= 0.6 is 0 Å². The van der Waals surface area contributed by atoms with Gasteiger partial charge in [0.2, 0.25) is 0 Å². The Kier molecular flexibility index (Phi) is 7.86. The maximum absolute atomic E-state index is 13.3. The number of pyridine rings is 1. The highest BCUT2D eigenvalue weighted by Crippen LogP contribution is 2.14. The van der Waals surface area contributed by atoms with E-state index in [1.165, 1.54) is 17.7 Å². The maximum atomic E-state index is 13.3. The van der Waals surface area contributed by atoms with Crippen LogP contribution in [0, 0.1) is 12.7 Å². The molecule has 0 bridgehead atoms. The van der Waals surface area contributed by atoms with Crippen molar-refractivity contribution in [2.75, 3.05) is 20.1 Å². The number of aryl methyl sites for hydroxylation is 1. The first-order chi connectivity index (χ1) is 12.6. The van der Waals surface area contributed by atoms with E-state index in [2.05, 4.69) is 26.7 Å². The van der Waals surface area contributed by atoms with Crippen LogP contribution in [0.4, 0.5) is 4.39 Å². The molecule has 0 spiro atoms. The summed E-state index contributed by atoms with van der Waals surface area (Å²) in [5.74, 6) is 0.952. The molecule has 0 saturated carbocycles. The largest absolute Gasteiger partial charge is 0.489 e. The van der Waals surface area contributed by atoms with Gasteiger partial charge in [-0.25, -0.2) is 4.39 Å². The van der Waals surface area contributed by atoms with E-state index in [4.69, 9.17) is 4.74 Å². The molecule has 1 aromatic carbocycles. The number of halogens is 1. The topological polar surface area (TPSA) is 58.5 Å². The summed E-state index contributed by atoms with van der Waals surface area (Å²) in [5.41, 5.74) is 2.20. The molecule has 1 aromatic heterocycles. The minimum absolute atomic E-state index is 0.0725. The predicted molar refractivity (Wildman–Crippen MR) is 103 cm³/mol. The average Bonchev–Trinajstić information content (AvgIpc) is 2.65. The molecule has 1 heterocycles. The van der Waals surface area contributed by atoms with Crippen LogP contribution in [0.5, 0.6) is 5.75 Å². The molecule has 0 aliphatic rings. The first-order valence-electron chi connectivity index (χ1n) is 8.89. The van der Waals surface area contributed by atoms with Crippen molar-refractivity contribution in [3.05, 3.63) is 59.7 Å². The van der Waals surface area contributed by atoms with Crippen molar-refractivity contribution in [3.63, 3.8) is 0 Å². The van der Waals surface area contributed by atoms with Gasteiger partial charge in [0.1, 0.15) is 17.7 Å². The zero-order chi connectivity index (χ0) is 18.8. The van der Waals surface area contributed by atoms with Crippen molar-refractivity contribution < 1.29 is 9.13 Å². The van der Waals surface area contributed by atoms with Crippen LogP contribution in [0.2, 0.25) is 0 Å². The second-order valence-electron chi connectivity index (χ2n) is 6.04. The van der Waals surface area contributed by atoms with E-state index in [-0.39, 0.29) is 11.9 Å². The lowest BCUT2D eigenvalue weighted by Gasteiger charge is -2.20. The molecule has 140 valence electrons. The molecule has 0 fully saturated rings. The molecule has 0 saturated heterocycles. The van der Waals surface area contributed by atoms with E-state index >= 15 is 0 Å². The molecule has 0 aliphatic carbocycles. The summed E-state index contributed by atoms with van der Waals surface area (Å²) in [6.45, 7) is 5.35. The number of ether oxygens (including phenoxy) is 1. The summed E-state index contributed by atoms with van der Waals surface area (Å²) < 4.78 is 19.1. The zero-order valence-electron chi connectivity index (χ0n) is 15.6. The van der Waals surface area contributed by atoms with Crippen molar-refractivity contribution in [1.82, 2.24) is 15.6 Å². The molecular formula is C20H27FN4O. The monoisotopic (exact) mass is 358 g/mol. The number of hydrogen-bond acceptors (Lipinski definition) is 3. The highest BCUT2D eigenvalue weighted by molar-refractivity contribution is 5.79. The quantitative estimate of drug-likeness (QED) is 0.562. The van der Waals surface area contributed by atoms with Crippen molar-refractivity contribution in [2.45, 2.75) is 32.8 Å². The number of nitrogens with zero attached hydrogens (tertiary/aromatic N) is 2. The number of benzene rings is 1. The van der Waals surface area contributed by atoms with Crippen LogP contribution in [0.3, 0.4) is 0 Å². The van der Waals surface area contributed by atoms with Gasteiger partial charge >= 0.3 is 0 Å². The van der Waals surface area contributed by atoms with Gasteiger partial charge in [0.25, 0.3) is 0 Å². The molecular weight excluding hydrogens is 331 g/mol. The second-order valence-corrected chi connectivity index (χ2v) is 6.04. The zero-order valence-corrected chi connectivity index (χ0v) is 15.6. The number of hydrogen-bond donors (Lipinski definition) is 2. The smallest absolute Gasteiger partial charge is 0.191 e. The summed E-state index contributed by atoms with van der Waals surface area (Å²) >= 11 is 0. The van der Waals surface area contributed by atoms with E-state index in [9.17, 15) is 4.39 Å². The fourth-order valence-corrected chi connectivity index (χ4v) is 2.40. The fraction of sp³-hybridized carbons (Fsp3) is 0.400. The third kappa shape index (κ3) is 6.70. The van der Waals surface area contributed by atoms with Gasteiger partial charge in [-0.3, -0.25) is 9.98 Å². The van der Waals surface area contributed by atoms with Gasteiger partial charge in [0.15, 0.2) is 5.96 Å². The highest BCUT2D eigenvalue weighted by Gasteiger charge is 2.10. The van der Waals surface area contributed by atoms with Gasteiger partial charge in [-0.15, -0.1) is 0 Å². The first-order valence-corrected chi connectivity index (χ1v) is 8.89. The number of nitrogens with one attached hydrogen (secondary N) is 2. The molecule has 2 N–H and O–H groups in total. The number of aliphatic imine (C=N–C) groups is 1. The first kappa shape index (κ1) is 19.7. The minimum atomic E-state index is -0.298. The molecule has 1 unspecified atom stereocenters. The Hall–Kier alpha value is -2.63. The Morgan fingerprint density at radius 3 is 2.77 bits per heavy atom. The molecule has 2 aromatic rings. The lowest BCUT2D eigenvalue weighted by Crippen LogP contribution is -2.43. The Morgan fingerprint density at radius 1 is 1.27 bits per heavy atom. The summed E-state index contributed by atoms with van der Waals surface area (Å²) in [5, 5.41) is 6.54. The highest BCUT2D eigenvalue weighted by atomic mass is 19.1. The van der Waals surface area contributed by atoms with Gasteiger partial charge in [-0.2, -0.15) is 0 Å². The molecule has 5 nitrogen and oxygen atoms in total. The lowest BCUT2D eigenvalue weighted by molar-refractivity contribution is 0.199. The van der Waals surface area contributed by atoms with E-state index in [0.29, 0.717) is 18.3 Å². The van der Waals surface area contributed by atoms with Gasteiger partial charge < -0.3 is 15.4 Å². The Bertz CT molecular complexity index is 703. The number of aromatic nitrogens is 1. The molecule has 0 aliphatic heterocycles. The van der Waals surface area contributed by atoms with Crippen molar-refractivity contribution in [3.8, 4) is 5.75 Å². The Balaban J connectivity index is 1.76. The third-order valence-electron chi connectivity index (χ3n) is 3.95. The fourth-order valence-electron chi connectivity index (χ4n) is 2.40. The van der Waals surface area contributed by atoms with E-state index in [0.717, 1.165) is 25.1 Å². The van der Waals surface area contributed by atoms with Gasteiger partial charge in [-0.1, -0.05) is 19.1 Å². The third-order valence-corrected chi connectivity index (χ3v) is 3.95. The van der Waals surface area contributed by atoms with E-state index < -0.39 is 0 Å².